The Hall–Kier alpha value is -7.48. The lowest BCUT2D eigenvalue weighted by molar-refractivity contribution is 0.456. The minimum Gasteiger partial charge on any atom is -0.333 e. The smallest absolute Gasteiger partial charge is 0.0629 e. The maximum absolute atomic E-state index is 2.71. The van der Waals surface area contributed by atoms with Gasteiger partial charge < -0.3 is 4.90 Å². The van der Waals surface area contributed by atoms with E-state index >= 15 is 0 Å². The van der Waals surface area contributed by atoms with Gasteiger partial charge in [-0.15, -0.1) is 0 Å². The SMILES string of the molecule is CC1(C)c2ccccc2-c2cccc(N(c3ccc4c(c3)C(c3ccccc3)(c3ccccc3)C3C=CC=CC43)C3C=CC=CC3c3ccccc3-c3ccccc3-c3ccccc3)c21. The van der Waals surface area contributed by atoms with Gasteiger partial charge in [0.05, 0.1) is 11.5 Å². The topological polar surface area (TPSA) is 3.24 Å². The molecular weight excluding hydrogens is 783 g/mol. The fourth-order valence-corrected chi connectivity index (χ4v) is 12.3. The second-order valence-electron chi connectivity index (χ2n) is 18.7. The zero-order chi connectivity index (χ0) is 43.5. The Bertz CT molecular complexity index is 3160. The molecule has 1 nitrogen and oxygen atoms in total. The molecule has 0 N–H and O–H groups in total. The lowest BCUT2D eigenvalue weighted by Gasteiger charge is -2.42. The molecule has 0 aromatic heterocycles. The van der Waals surface area contributed by atoms with Crippen LogP contribution in [-0.2, 0) is 10.8 Å². The van der Waals surface area contributed by atoms with Crippen LogP contribution in [0.4, 0.5) is 11.4 Å². The maximum atomic E-state index is 2.71. The molecule has 4 aliphatic rings. The van der Waals surface area contributed by atoms with Crippen molar-refractivity contribution in [2.75, 3.05) is 4.90 Å². The molecule has 4 atom stereocenters. The van der Waals surface area contributed by atoms with Gasteiger partial charge in [0.1, 0.15) is 0 Å². The average Bonchev–Trinajstić information content (AvgIpc) is 3.80. The molecule has 4 unspecified atom stereocenters. The van der Waals surface area contributed by atoms with Crippen molar-refractivity contribution in [2.45, 2.75) is 42.6 Å². The van der Waals surface area contributed by atoms with Crippen molar-refractivity contribution >= 4 is 11.4 Å². The summed E-state index contributed by atoms with van der Waals surface area (Å²) in [6.07, 6.45) is 18.9. The van der Waals surface area contributed by atoms with Crippen LogP contribution < -0.4 is 4.90 Å². The van der Waals surface area contributed by atoms with Crippen LogP contribution in [0.15, 0.2) is 249 Å². The monoisotopic (exact) mass is 833 g/mol. The van der Waals surface area contributed by atoms with Crippen LogP contribution in [0.3, 0.4) is 0 Å². The van der Waals surface area contributed by atoms with E-state index in [1.54, 1.807) is 0 Å². The molecule has 0 saturated heterocycles. The van der Waals surface area contributed by atoms with Crippen LogP contribution in [0.5, 0.6) is 0 Å². The highest BCUT2D eigenvalue weighted by molar-refractivity contribution is 5.89. The second-order valence-corrected chi connectivity index (χ2v) is 18.7. The Balaban J connectivity index is 1.11. The molecule has 0 bridgehead atoms. The van der Waals surface area contributed by atoms with E-state index in [1.165, 1.54) is 83.7 Å². The van der Waals surface area contributed by atoms with Crippen molar-refractivity contribution in [2.24, 2.45) is 5.92 Å². The fraction of sp³-hybridized carbons (Fsp3) is 0.125. The lowest BCUT2D eigenvalue weighted by atomic mass is 9.63. The molecule has 0 fully saturated rings. The van der Waals surface area contributed by atoms with Gasteiger partial charge in [-0.1, -0.05) is 244 Å². The number of fused-ring (bicyclic) bond motifs is 6. The molecule has 0 spiro atoms. The zero-order valence-corrected chi connectivity index (χ0v) is 36.9. The maximum Gasteiger partial charge on any atom is 0.0629 e. The summed E-state index contributed by atoms with van der Waals surface area (Å²) < 4.78 is 0. The summed E-state index contributed by atoms with van der Waals surface area (Å²) >= 11 is 0. The first kappa shape index (κ1) is 39.1. The Morgan fingerprint density at radius 2 is 0.969 bits per heavy atom. The van der Waals surface area contributed by atoms with Gasteiger partial charge in [0, 0.05) is 34.5 Å². The molecule has 312 valence electrons. The summed E-state index contributed by atoms with van der Waals surface area (Å²) in [5.41, 5.74) is 18.9. The van der Waals surface area contributed by atoms with E-state index in [0.29, 0.717) is 0 Å². The van der Waals surface area contributed by atoms with Gasteiger partial charge in [0.2, 0.25) is 0 Å². The molecule has 0 radical (unpaired) electrons. The molecule has 65 heavy (non-hydrogen) atoms. The fourth-order valence-electron chi connectivity index (χ4n) is 12.3. The number of benzene rings is 8. The molecule has 0 amide bonds. The van der Waals surface area contributed by atoms with Crippen molar-refractivity contribution in [1.29, 1.82) is 0 Å². The molecule has 12 rings (SSSR count). The van der Waals surface area contributed by atoms with Crippen LogP contribution in [0.25, 0.3) is 33.4 Å². The minimum absolute atomic E-state index is 0.0254. The van der Waals surface area contributed by atoms with Gasteiger partial charge in [0.15, 0.2) is 0 Å². The summed E-state index contributed by atoms with van der Waals surface area (Å²) in [5, 5.41) is 0. The Kier molecular flexibility index (Phi) is 9.42. The van der Waals surface area contributed by atoms with Crippen molar-refractivity contribution in [3.05, 3.63) is 288 Å². The summed E-state index contributed by atoms with van der Waals surface area (Å²) in [5.74, 6) is 0.485. The predicted octanol–water partition coefficient (Wildman–Crippen LogP) is 15.9. The third kappa shape index (κ3) is 6.06. The number of hydrogen-bond donors (Lipinski definition) is 0. The van der Waals surface area contributed by atoms with Crippen molar-refractivity contribution < 1.29 is 0 Å². The zero-order valence-electron chi connectivity index (χ0n) is 36.9. The third-order valence-corrected chi connectivity index (χ3v) is 15.0. The van der Waals surface area contributed by atoms with Gasteiger partial charge in [-0.05, 0) is 90.5 Å². The Morgan fingerprint density at radius 1 is 0.400 bits per heavy atom. The normalized spacial score (nSPS) is 20.2. The van der Waals surface area contributed by atoms with E-state index in [-0.39, 0.29) is 29.2 Å². The molecule has 8 aromatic rings. The van der Waals surface area contributed by atoms with Gasteiger partial charge in [-0.25, -0.2) is 0 Å². The van der Waals surface area contributed by atoms with Gasteiger partial charge in [-0.3, -0.25) is 0 Å². The number of rotatable bonds is 8. The van der Waals surface area contributed by atoms with E-state index in [1.807, 2.05) is 0 Å². The largest absolute Gasteiger partial charge is 0.333 e. The molecule has 1 heteroatoms. The van der Waals surface area contributed by atoms with E-state index in [0.717, 1.165) is 0 Å². The molecule has 0 aliphatic heterocycles. The quantitative estimate of drug-likeness (QED) is 0.147. The van der Waals surface area contributed by atoms with Crippen molar-refractivity contribution in [3.63, 3.8) is 0 Å². The van der Waals surface area contributed by atoms with E-state index < -0.39 is 5.41 Å². The first-order chi connectivity index (χ1) is 32.0. The Morgan fingerprint density at radius 3 is 1.71 bits per heavy atom. The highest BCUT2D eigenvalue weighted by atomic mass is 15.2. The molecule has 0 heterocycles. The number of anilines is 2. The summed E-state index contributed by atoms with van der Waals surface area (Å²) in [6.45, 7) is 4.84. The predicted molar refractivity (Wildman–Crippen MR) is 272 cm³/mol. The van der Waals surface area contributed by atoms with Crippen molar-refractivity contribution in [3.8, 4) is 33.4 Å². The van der Waals surface area contributed by atoms with Gasteiger partial charge in [-0.2, -0.15) is 0 Å². The highest BCUT2D eigenvalue weighted by Crippen LogP contribution is 2.61. The standard InChI is InChI=1S/C64H51N/c1-63(2)57-37-19-16-34-53(57)56-36-22-40-61(62(56)63)65(60-39-21-18-35-55(60)51-32-15-14-31-50(51)49-30-13-12-29-48(49)44-23-6-3-7-24-44)47-41-42-54-52-33-17-20-38-58(52)64(59(54)43-47,45-25-8-4-9-26-45)46-27-10-5-11-28-46/h3-43,52,55,58,60H,1-2H3. The Labute approximate surface area is 384 Å². The van der Waals surface area contributed by atoms with Crippen LogP contribution in [0, 0.1) is 5.92 Å². The number of hydrogen-bond acceptors (Lipinski definition) is 1. The summed E-state index contributed by atoms with van der Waals surface area (Å²) in [7, 11) is 0. The van der Waals surface area contributed by atoms with Crippen LogP contribution >= 0.6 is 0 Å². The van der Waals surface area contributed by atoms with Gasteiger partial charge >= 0.3 is 0 Å². The van der Waals surface area contributed by atoms with E-state index in [4.69, 9.17) is 0 Å². The highest BCUT2D eigenvalue weighted by Gasteiger charge is 2.53. The summed E-state index contributed by atoms with van der Waals surface area (Å²) in [4.78, 5) is 2.71. The van der Waals surface area contributed by atoms with Crippen LogP contribution in [0.2, 0.25) is 0 Å². The third-order valence-electron chi connectivity index (χ3n) is 15.0. The van der Waals surface area contributed by atoms with E-state index in [2.05, 4.69) is 268 Å². The first-order valence-corrected chi connectivity index (χ1v) is 23.3. The molecule has 8 aromatic carbocycles. The second kappa shape index (κ2) is 15.6. The lowest BCUT2D eigenvalue weighted by Crippen LogP contribution is -2.38. The van der Waals surface area contributed by atoms with Crippen LogP contribution in [-0.4, -0.2) is 6.04 Å². The number of allylic oxidation sites excluding steroid dienone is 6. The molecule has 4 aliphatic carbocycles. The minimum atomic E-state index is -0.408. The average molecular weight is 834 g/mol. The van der Waals surface area contributed by atoms with E-state index in [9.17, 15) is 0 Å². The van der Waals surface area contributed by atoms with Crippen molar-refractivity contribution in [1.82, 2.24) is 0 Å². The number of nitrogens with zero attached hydrogens (tertiary/aromatic N) is 1. The van der Waals surface area contributed by atoms with Gasteiger partial charge in [0.25, 0.3) is 0 Å². The van der Waals surface area contributed by atoms with Crippen LogP contribution in [0.1, 0.15) is 64.6 Å². The first-order valence-electron chi connectivity index (χ1n) is 23.3. The summed E-state index contributed by atoms with van der Waals surface area (Å²) in [6, 6.07) is 75.0. The molecule has 0 saturated carbocycles. The molecular formula is C64H51N.